The lowest BCUT2D eigenvalue weighted by atomic mass is 9.97. The Bertz CT molecular complexity index is 461. The maximum Gasteiger partial charge on any atom is 0.231 e. The number of piperidine rings is 1. The fraction of sp³-hybridized carbons (Fsp3) is 0.538. The van der Waals surface area contributed by atoms with E-state index in [1.54, 1.807) is 6.07 Å². The molecule has 0 bridgehead atoms. The highest BCUT2D eigenvalue weighted by Gasteiger charge is 2.25. The maximum atomic E-state index is 14.1. The third-order valence-corrected chi connectivity index (χ3v) is 3.84. The number of hydrogen-bond acceptors (Lipinski definition) is 3. The summed E-state index contributed by atoms with van der Waals surface area (Å²) < 4.78 is 24.5. The number of rotatable bonds is 2. The number of ether oxygens (including phenoxy) is 2. The van der Waals surface area contributed by atoms with Crippen molar-refractivity contribution < 1.29 is 13.9 Å². The highest BCUT2D eigenvalue weighted by molar-refractivity contribution is 6.32. The van der Waals surface area contributed by atoms with E-state index in [4.69, 9.17) is 21.1 Å². The maximum absolute atomic E-state index is 14.1. The summed E-state index contributed by atoms with van der Waals surface area (Å²) in [6, 6.07) is 2.03. The van der Waals surface area contributed by atoms with Gasteiger partial charge in [0.15, 0.2) is 11.5 Å². The number of nitrogens with one attached hydrogen (secondary N) is 1. The second kappa shape index (κ2) is 4.94. The molecule has 5 heteroatoms. The van der Waals surface area contributed by atoms with Gasteiger partial charge >= 0.3 is 0 Å². The molecule has 0 spiro atoms. The van der Waals surface area contributed by atoms with Crippen molar-refractivity contribution in [2.24, 2.45) is 0 Å². The molecule has 2 aliphatic rings. The third-order valence-electron chi connectivity index (χ3n) is 3.50. The normalized spacial score (nSPS) is 22.2. The Balaban J connectivity index is 1.85. The molecule has 1 unspecified atom stereocenters. The summed E-state index contributed by atoms with van der Waals surface area (Å²) in [6.07, 6.45) is 4.10. The van der Waals surface area contributed by atoms with Gasteiger partial charge in [0, 0.05) is 6.04 Å². The van der Waals surface area contributed by atoms with Gasteiger partial charge in [-0.15, -0.1) is 0 Å². The molecule has 18 heavy (non-hydrogen) atoms. The molecule has 2 aliphatic heterocycles. The minimum absolute atomic E-state index is 0.0378. The molecule has 3 nitrogen and oxygen atoms in total. The van der Waals surface area contributed by atoms with Gasteiger partial charge in [-0.2, -0.15) is 0 Å². The SMILES string of the molecule is Fc1c(CC2CCCCN2)cc2c(c1Cl)OCO2. The Morgan fingerprint density at radius 3 is 3.06 bits per heavy atom. The Labute approximate surface area is 110 Å². The number of halogens is 2. The van der Waals surface area contributed by atoms with Crippen LogP contribution in [0.3, 0.4) is 0 Å². The summed E-state index contributed by atoms with van der Waals surface area (Å²) in [5, 5.41) is 3.44. The molecule has 1 atom stereocenters. The summed E-state index contributed by atoms with van der Waals surface area (Å²) in [7, 11) is 0. The summed E-state index contributed by atoms with van der Waals surface area (Å²) in [4.78, 5) is 0. The molecule has 0 saturated carbocycles. The largest absolute Gasteiger partial charge is 0.454 e. The van der Waals surface area contributed by atoms with Crippen LogP contribution in [0.4, 0.5) is 4.39 Å². The van der Waals surface area contributed by atoms with E-state index < -0.39 is 0 Å². The average molecular weight is 272 g/mol. The molecule has 2 heterocycles. The van der Waals surface area contributed by atoms with Crippen LogP contribution in [0.5, 0.6) is 11.5 Å². The number of hydrogen-bond donors (Lipinski definition) is 1. The van der Waals surface area contributed by atoms with E-state index >= 15 is 0 Å². The standard InChI is InChI=1S/C13H15ClFNO2/c14-11-12(15)8(5-9-3-1-2-4-16-9)6-10-13(11)18-7-17-10/h6,9,16H,1-5,7H2. The Hall–Kier alpha value is -1.00. The fourth-order valence-corrected chi connectivity index (χ4v) is 2.81. The fourth-order valence-electron chi connectivity index (χ4n) is 2.54. The van der Waals surface area contributed by atoms with Crippen molar-refractivity contribution in [3.8, 4) is 11.5 Å². The van der Waals surface area contributed by atoms with Crippen molar-refractivity contribution in [2.75, 3.05) is 13.3 Å². The van der Waals surface area contributed by atoms with Gasteiger partial charge in [0.1, 0.15) is 10.8 Å². The zero-order chi connectivity index (χ0) is 12.5. The first-order valence-electron chi connectivity index (χ1n) is 6.25. The number of benzene rings is 1. The van der Waals surface area contributed by atoms with Crippen molar-refractivity contribution in [1.29, 1.82) is 0 Å². The topological polar surface area (TPSA) is 30.5 Å². The van der Waals surface area contributed by atoms with Crippen molar-refractivity contribution in [3.63, 3.8) is 0 Å². The van der Waals surface area contributed by atoms with Crippen molar-refractivity contribution >= 4 is 11.6 Å². The first kappa shape index (κ1) is 12.1. The predicted octanol–water partition coefficient (Wildman–Crippen LogP) is 2.89. The van der Waals surface area contributed by atoms with Gasteiger partial charge in [0.05, 0.1) is 0 Å². The van der Waals surface area contributed by atoms with E-state index in [1.807, 2.05) is 0 Å². The van der Waals surface area contributed by atoms with Crippen molar-refractivity contribution in [1.82, 2.24) is 5.32 Å². The van der Waals surface area contributed by atoms with E-state index in [0.717, 1.165) is 13.0 Å². The molecule has 0 aromatic heterocycles. The molecule has 1 fully saturated rings. The summed E-state index contributed by atoms with van der Waals surface area (Å²) >= 11 is 5.96. The highest BCUT2D eigenvalue weighted by Crippen LogP contribution is 2.42. The molecule has 98 valence electrons. The van der Waals surface area contributed by atoms with E-state index in [9.17, 15) is 4.39 Å². The third kappa shape index (κ3) is 2.15. The van der Waals surface area contributed by atoms with Gasteiger partial charge < -0.3 is 14.8 Å². The molecule has 0 aliphatic carbocycles. The summed E-state index contributed by atoms with van der Waals surface area (Å²) in [5.41, 5.74) is 0.601. The Morgan fingerprint density at radius 1 is 1.39 bits per heavy atom. The first-order chi connectivity index (χ1) is 8.75. The Morgan fingerprint density at radius 2 is 2.28 bits per heavy atom. The Kier molecular flexibility index (Phi) is 3.31. The smallest absolute Gasteiger partial charge is 0.231 e. The van der Waals surface area contributed by atoms with Crippen molar-refractivity contribution in [2.45, 2.75) is 31.7 Å². The van der Waals surface area contributed by atoms with E-state index in [-0.39, 0.29) is 17.6 Å². The predicted molar refractivity (Wildman–Crippen MR) is 66.9 cm³/mol. The lowest BCUT2D eigenvalue weighted by molar-refractivity contribution is 0.174. The molecule has 1 saturated heterocycles. The van der Waals surface area contributed by atoms with Crippen LogP contribution < -0.4 is 14.8 Å². The lowest BCUT2D eigenvalue weighted by Gasteiger charge is -2.23. The quantitative estimate of drug-likeness (QED) is 0.897. The van der Waals surface area contributed by atoms with Gasteiger partial charge in [-0.25, -0.2) is 4.39 Å². The molecule has 0 radical (unpaired) electrons. The molecular weight excluding hydrogens is 257 g/mol. The summed E-state index contributed by atoms with van der Waals surface area (Å²) in [6.45, 7) is 1.12. The van der Waals surface area contributed by atoms with E-state index in [1.165, 1.54) is 12.8 Å². The molecular formula is C13H15ClFNO2. The van der Waals surface area contributed by atoms with Crippen LogP contribution in [0, 0.1) is 5.82 Å². The van der Waals surface area contributed by atoms with Crippen LogP contribution in [0.25, 0.3) is 0 Å². The molecule has 1 aromatic carbocycles. The van der Waals surface area contributed by atoms with Crippen LogP contribution in [-0.4, -0.2) is 19.4 Å². The minimum Gasteiger partial charge on any atom is -0.454 e. The van der Waals surface area contributed by atoms with Crippen LogP contribution >= 0.6 is 11.6 Å². The minimum atomic E-state index is -0.381. The van der Waals surface area contributed by atoms with Gasteiger partial charge in [0.2, 0.25) is 6.79 Å². The zero-order valence-electron chi connectivity index (χ0n) is 9.97. The van der Waals surface area contributed by atoms with E-state index in [2.05, 4.69) is 5.32 Å². The monoisotopic (exact) mass is 271 g/mol. The molecule has 1 N–H and O–H groups in total. The van der Waals surface area contributed by atoms with Gasteiger partial charge in [0.25, 0.3) is 0 Å². The second-order valence-electron chi connectivity index (χ2n) is 4.75. The van der Waals surface area contributed by atoms with Crippen LogP contribution in [0.1, 0.15) is 24.8 Å². The summed E-state index contributed by atoms with van der Waals surface area (Å²) in [5.74, 6) is 0.495. The van der Waals surface area contributed by atoms with Crippen LogP contribution in [0.2, 0.25) is 5.02 Å². The molecule has 1 aromatic rings. The van der Waals surface area contributed by atoms with Crippen LogP contribution in [-0.2, 0) is 6.42 Å². The zero-order valence-corrected chi connectivity index (χ0v) is 10.7. The molecule has 3 rings (SSSR count). The van der Waals surface area contributed by atoms with E-state index in [0.29, 0.717) is 29.5 Å². The highest BCUT2D eigenvalue weighted by atomic mass is 35.5. The van der Waals surface area contributed by atoms with Crippen LogP contribution in [0.15, 0.2) is 6.07 Å². The van der Waals surface area contributed by atoms with Gasteiger partial charge in [-0.3, -0.25) is 0 Å². The van der Waals surface area contributed by atoms with Gasteiger partial charge in [-0.05, 0) is 37.4 Å². The molecule has 0 amide bonds. The lowest BCUT2D eigenvalue weighted by Crippen LogP contribution is -2.35. The second-order valence-corrected chi connectivity index (χ2v) is 5.13. The van der Waals surface area contributed by atoms with Gasteiger partial charge in [-0.1, -0.05) is 18.0 Å². The average Bonchev–Trinajstić information content (AvgIpc) is 2.85. The number of fused-ring (bicyclic) bond motifs is 1. The van der Waals surface area contributed by atoms with Crippen molar-refractivity contribution in [3.05, 3.63) is 22.5 Å². The first-order valence-corrected chi connectivity index (χ1v) is 6.63.